The Morgan fingerprint density at radius 1 is 1.15 bits per heavy atom. The highest BCUT2D eigenvalue weighted by Gasteiger charge is 2.50. The summed E-state index contributed by atoms with van der Waals surface area (Å²) in [5, 5.41) is 21.8. The molecule has 0 amide bonds. The van der Waals surface area contributed by atoms with E-state index in [1.54, 1.807) is 11.8 Å². The zero-order valence-corrected chi connectivity index (χ0v) is 26.2. The highest BCUT2D eigenvalue weighted by Crippen LogP contribution is 2.43. The molecule has 248 valence electrons. The van der Waals surface area contributed by atoms with Crippen molar-refractivity contribution in [3.8, 4) is 23.0 Å². The van der Waals surface area contributed by atoms with Crippen LogP contribution in [0.25, 0.3) is 32.9 Å². The Labute approximate surface area is 269 Å². The van der Waals surface area contributed by atoms with E-state index in [2.05, 4.69) is 19.9 Å². The first-order valence-electron chi connectivity index (χ1n) is 15.9. The normalized spacial score (nSPS) is 24.4. The zero-order valence-electron chi connectivity index (χ0n) is 26.2. The number of aromatic nitrogens is 3. The summed E-state index contributed by atoms with van der Waals surface area (Å²) in [7, 11) is 1.44. The fourth-order valence-corrected chi connectivity index (χ4v) is 7.88. The number of ether oxygens (including phenoxy) is 2. The number of carboxylic acid groups (broad SMARTS) is 1. The Bertz CT molecular complexity index is 1900. The summed E-state index contributed by atoms with van der Waals surface area (Å²) in [4.78, 5) is 29.8. The summed E-state index contributed by atoms with van der Waals surface area (Å²) < 4.78 is 57.7. The van der Waals surface area contributed by atoms with Crippen LogP contribution in [-0.4, -0.2) is 94.2 Å². The largest absolute Gasteiger partial charge is 0.508 e. The van der Waals surface area contributed by atoms with Crippen molar-refractivity contribution in [2.75, 3.05) is 51.4 Å². The van der Waals surface area contributed by atoms with Crippen LogP contribution in [0.5, 0.6) is 11.8 Å². The topological polar surface area (TPSA) is 121 Å². The monoisotopic (exact) mass is 651 g/mol. The number of carboxylic acids is 1. The van der Waals surface area contributed by atoms with E-state index in [1.807, 2.05) is 0 Å². The number of phenols is 1. The van der Waals surface area contributed by atoms with E-state index in [1.165, 1.54) is 37.6 Å². The molecule has 0 aliphatic carbocycles. The molecule has 2 aromatic heterocycles. The molecule has 3 atom stereocenters. The molecular formula is C34H36F3N5O5. The van der Waals surface area contributed by atoms with Crippen molar-refractivity contribution in [1.82, 2.24) is 19.9 Å². The number of phenolic OH excluding ortho intramolecular Hbond substituents is 1. The van der Waals surface area contributed by atoms with Gasteiger partial charge in [0.25, 0.3) is 0 Å². The Kier molecular flexibility index (Phi) is 7.86. The van der Waals surface area contributed by atoms with Crippen LogP contribution in [0.1, 0.15) is 38.2 Å². The second-order valence-electron chi connectivity index (χ2n) is 13.0. The van der Waals surface area contributed by atoms with Crippen LogP contribution in [0.4, 0.5) is 19.0 Å². The molecule has 2 N–H and O–H groups in total. The Hall–Kier alpha value is -4.23. The summed E-state index contributed by atoms with van der Waals surface area (Å²) in [6.45, 7) is 3.31. The highest BCUT2D eigenvalue weighted by atomic mass is 19.1. The lowest BCUT2D eigenvalue weighted by Gasteiger charge is -2.31. The third kappa shape index (κ3) is 5.20. The van der Waals surface area contributed by atoms with Gasteiger partial charge < -0.3 is 24.6 Å². The van der Waals surface area contributed by atoms with Gasteiger partial charge in [0.2, 0.25) is 0 Å². The second kappa shape index (κ2) is 11.8. The molecule has 4 aromatic rings. The number of hydrogen-bond donors (Lipinski definition) is 2. The average Bonchev–Trinajstić information content (AvgIpc) is 3.73. The van der Waals surface area contributed by atoms with Crippen molar-refractivity contribution in [2.24, 2.45) is 5.41 Å². The molecule has 0 bridgehead atoms. The quantitative estimate of drug-likeness (QED) is 0.248. The average molecular weight is 652 g/mol. The molecule has 2 aromatic carbocycles. The fraction of sp³-hybridized carbons (Fsp3) is 0.471. The van der Waals surface area contributed by atoms with E-state index in [0.29, 0.717) is 42.3 Å². The van der Waals surface area contributed by atoms with Gasteiger partial charge in [0, 0.05) is 44.9 Å². The van der Waals surface area contributed by atoms with Gasteiger partial charge in [0.15, 0.2) is 5.82 Å². The Morgan fingerprint density at radius 2 is 1.98 bits per heavy atom. The smallest absolute Gasteiger partial charge is 0.319 e. The predicted octanol–water partition coefficient (Wildman–Crippen LogP) is 5.27. The lowest BCUT2D eigenvalue weighted by Crippen LogP contribution is -2.43. The molecular weight excluding hydrogens is 615 g/mol. The summed E-state index contributed by atoms with van der Waals surface area (Å²) in [6.07, 6.45) is 3.01. The van der Waals surface area contributed by atoms with Gasteiger partial charge in [-0.05, 0) is 66.8 Å². The number of pyridine rings is 1. The maximum Gasteiger partial charge on any atom is 0.319 e. The lowest BCUT2D eigenvalue weighted by atomic mass is 9.88. The van der Waals surface area contributed by atoms with Crippen LogP contribution in [0.2, 0.25) is 0 Å². The van der Waals surface area contributed by atoms with Gasteiger partial charge in [-0.1, -0.05) is 13.0 Å². The minimum atomic E-state index is -1.20. The van der Waals surface area contributed by atoms with Crippen molar-refractivity contribution in [2.45, 2.75) is 50.7 Å². The van der Waals surface area contributed by atoms with E-state index in [9.17, 15) is 23.8 Å². The number of aryl methyl sites for hydroxylation is 1. The number of nitrogens with zero attached hydrogens (tertiary/aromatic N) is 5. The number of aliphatic carboxylic acids is 1. The summed E-state index contributed by atoms with van der Waals surface area (Å²) in [6, 6.07) is 5.55. The molecule has 3 fully saturated rings. The van der Waals surface area contributed by atoms with E-state index in [-0.39, 0.29) is 65.9 Å². The molecule has 3 saturated heterocycles. The van der Waals surface area contributed by atoms with Crippen LogP contribution >= 0.6 is 0 Å². The van der Waals surface area contributed by atoms with Gasteiger partial charge in [-0.15, -0.1) is 0 Å². The Morgan fingerprint density at radius 3 is 2.74 bits per heavy atom. The number of carbonyl (C=O) groups is 1. The maximum absolute atomic E-state index is 16.8. The van der Waals surface area contributed by atoms with Gasteiger partial charge in [0.1, 0.15) is 46.8 Å². The number of anilines is 1. The highest BCUT2D eigenvalue weighted by molar-refractivity contribution is 6.01. The number of aromatic hydroxyl groups is 1. The fourth-order valence-electron chi connectivity index (χ4n) is 7.88. The van der Waals surface area contributed by atoms with Crippen LogP contribution in [0, 0.1) is 17.0 Å². The van der Waals surface area contributed by atoms with Crippen LogP contribution in [-0.2, 0) is 16.0 Å². The number of benzene rings is 2. The number of alkyl halides is 1. The van der Waals surface area contributed by atoms with Gasteiger partial charge in [0.05, 0.1) is 17.5 Å². The van der Waals surface area contributed by atoms with Crippen LogP contribution in [0.15, 0.2) is 30.5 Å². The van der Waals surface area contributed by atoms with E-state index < -0.39 is 34.7 Å². The molecule has 47 heavy (non-hydrogen) atoms. The number of fused-ring (bicyclic) bond motifs is 3. The first-order valence-corrected chi connectivity index (χ1v) is 15.9. The van der Waals surface area contributed by atoms with Gasteiger partial charge in [-0.3, -0.25) is 14.7 Å². The third-order valence-electron chi connectivity index (χ3n) is 10.2. The second-order valence-corrected chi connectivity index (χ2v) is 13.0. The maximum atomic E-state index is 16.8. The lowest BCUT2D eigenvalue weighted by molar-refractivity contribution is -0.150. The summed E-state index contributed by atoms with van der Waals surface area (Å²) in [5.41, 5.74) is -1.43. The zero-order chi connectivity index (χ0) is 33.1. The van der Waals surface area contributed by atoms with Gasteiger partial charge in [-0.25, -0.2) is 13.2 Å². The molecule has 10 nitrogen and oxygen atoms in total. The summed E-state index contributed by atoms with van der Waals surface area (Å²) in [5.74, 6) is -2.19. The van der Waals surface area contributed by atoms with Crippen molar-refractivity contribution in [3.05, 3.63) is 47.7 Å². The number of rotatable bonds is 9. The minimum Gasteiger partial charge on any atom is -0.508 e. The molecule has 13 heteroatoms. The number of halogens is 3. The van der Waals surface area contributed by atoms with Crippen LogP contribution in [0.3, 0.4) is 0 Å². The molecule has 0 radical (unpaired) electrons. The molecule has 0 spiro atoms. The van der Waals surface area contributed by atoms with Crippen molar-refractivity contribution in [1.29, 1.82) is 0 Å². The van der Waals surface area contributed by atoms with E-state index in [4.69, 9.17) is 9.47 Å². The third-order valence-corrected chi connectivity index (χ3v) is 10.2. The standard InChI is InChI=1S/C34H36F3N5O5/c1-3-22-25(36)6-5-19-11-21(43)12-23(26(19)22)28-27(37)29-24(14-38-28)30(41-10-8-33(16-41,17-46-2)31(44)45)40-32(39-29)47-18-34-7-4-9-42(34)15-20(35)13-34/h5-6,11-12,14,20,43H,3-4,7-10,13,15-18H2,1-2H3,(H,44,45)/t20-,33?,34+/m1/s1. The van der Waals surface area contributed by atoms with Crippen molar-refractivity contribution >= 4 is 33.5 Å². The van der Waals surface area contributed by atoms with Gasteiger partial charge in [-0.2, -0.15) is 9.97 Å². The van der Waals surface area contributed by atoms with Gasteiger partial charge >= 0.3 is 12.0 Å². The molecule has 1 unspecified atom stereocenters. The van der Waals surface area contributed by atoms with Crippen molar-refractivity contribution < 1.29 is 37.7 Å². The molecule has 3 aliphatic rings. The summed E-state index contributed by atoms with van der Waals surface area (Å²) >= 11 is 0. The predicted molar refractivity (Wildman–Crippen MR) is 169 cm³/mol. The van der Waals surface area contributed by atoms with Crippen LogP contribution < -0.4 is 9.64 Å². The number of hydrogen-bond acceptors (Lipinski definition) is 9. The molecule has 7 rings (SSSR count). The van der Waals surface area contributed by atoms with Crippen molar-refractivity contribution in [3.63, 3.8) is 0 Å². The Balaban J connectivity index is 1.38. The number of methoxy groups -OCH3 is 1. The molecule has 3 aliphatic heterocycles. The first kappa shape index (κ1) is 31.4. The SMILES string of the molecule is CCc1c(F)ccc2cc(O)cc(-c3ncc4c(N5CCC(COC)(C(=O)O)C5)nc(OC[C@@]56CCCN5C[C@H](F)C6)nc4c3F)c12. The minimum absolute atomic E-state index is 0.0222. The molecule has 0 saturated carbocycles. The molecule has 5 heterocycles. The van der Waals surface area contributed by atoms with E-state index in [0.717, 1.165) is 19.4 Å². The van der Waals surface area contributed by atoms with E-state index >= 15 is 4.39 Å². The first-order chi connectivity index (χ1) is 22.6.